The summed E-state index contributed by atoms with van der Waals surface area (Å²) in [7, 11) is 0. The van der Waals surface area contributed by atoms with Crippen molar-refractivity contribution in [3.63, 3.8) is 0 Å². The van der Waals surface area contributed by atoms with Crippen LogP contribution in [-0.4, -0.2) is 33.5 Å². The lowest BCUT2D eigenvalue weighted by Gasteiger charge is -2.11. The molecular weight excluding hydrogens is 329 g/mol. The van der Waals surface area contributed by atoms with Gasteiger partial charge < -0.3 is 9.72 Å². The van der Waals surface area contributed by atoms with Gasteiger partial charge in [-0.3, -0.25) is 14.4 Å². The van der Waals surface area contributed by atoms with E-state index in [0.717, 1.165) is 0 Å². The number of rotatable bonds is 5. The number of hydrogen-bond donors (Lipinski definition) is 1. The SMILES string of the molecule is CC(=O)c1c(C)[nH]c(C(=O)COC(=O)C2(C)CC2(Cl)Cl)c1C. The molecular formula is C15H17Cl2NO4. The van der Waals surface area contributed by atoms with Crippen LogP contribution in [-0.2, 0) is 9.53 Å². The summed E-state index contributed by atoms with van der Waals surface area (Å²) in [6, 6.07) is 0. The Hall–Kier alpha value is -1.33. The Labute approximate surface area is 138 Å². The van der Waals surface area contributed by atoms with E-state index in [-0.39, 0.29) is 11.5 Å². The average molecular weight is 346 g/mol. The van der Waals surface area contributed by atoms with Crippen LogP contribution in [0.15, 0.2) is 0 Å². The Kier molecular flexibility index (Phi) is 4.17. The molecule has 0 amide bonds. The number of nitrogens with one attached hydrogen (secondary N) is 1. The zero-order chi connectivity index (χ0) is 16.9. The van der Waals surface area contributed by atoms with Crippen LogP contribution in [0.3, 0.4) is 0 Å². The van der Waals surface area contributed by atoms with Crippen LogP contribution in [0.25, 0.3) is 0 Å². The Morgan fingerprint density at radius 1 is 1.27 bits per heavy atom. The van der Waals surface area contributed by atoms with Crippen molar-refractivity contribution < 1.29 is 19.1 Å². The van der Waals surface area contributed by atoms with Crippen LogP contribution >= 0.6 is 23.2 Å². The smallest absolute Gasteiger partial charge is 0.315 e. The standard InChI is InChI=1S/C15H17Cl2NO4/c1-7-11(9(3)19)8(2)18-12(7)10(20)5-22-13(21)14(4)6-15(14,16)17/h18H,5-6H2,1-4H3. The van der Waals surface area contributed by atoms with Crippen LogP contribution in [0, 0.1) is 19.3 Å². The Morgan fingerprint density at radius 3 is 2.23 bits per heavy atom. The van der Waals surface area contributed by atoms with Gasteiger partial charge in [0.2, 0.25) is 5.78 Å². The molecule has 0 spiro atoms. The van der Waals surface area contributed by atoms with Gasteiger partial charge in [-0.15, -0.1) is 23.2 Å². The first-order valence-electron chi connectivity index (χ1n) is 6.79. The summed E-state index contributed by atoms with van der Waals surface area (Å²) in [5.41, 5.74) is 0.979. The van der Waals surface area contributed by atoms with Crippen LogP contribution in [0.5, 0.6) is 0 Å². The summed E-state index contributed by atoms with van der Waals surface area (Å²) in [6.45, 7) is 6.01. The minimum absolute atomic E-state index is 0.123. The third kappa shape index (κ3) is 2.68. The number of alkyl halides is 2. The molecule has 1 heterocycles. The van der Waals surface area contributed by atoms with E-state index in [2.05, 4.69) is 4.98 Å². The van der Waals surface area contributed by atoms with Crippen LogP contribution in [0.1, 0.15) is 52.4 Å². The number of carbonyl (C=O) groups excluding carboxylic acids is 3. The third-order valence-electron chi connectivity index (χ3n) is 4.11. The Morgan fingerprint density at radius 2 is 1.82 bits per heavy atom. The molecule has 0 aromatic carbocycles. The number of ether oxygens (including phenoxy) is 1. The molecule has 120 valence electrons. The second-order valence-corrected chi connectivity index (χ2v) is 7.38. The molecule has 0 saturated heterocycles. The predicted molar refractivity (Wildman–Crippen MR) is 82.7 cm³/mol. The molecule has 1 aromatic heterocycles. The number of aryl methyl sites for hydroxylation is 1. The highest BCUT2D eigenvalue weighted by Gasteiger charge is 2.69. The van der Waals surface area contributed by atoms with E-state index < -0.39 is 28.1 Å². The van der Waals surface area contributed by atoms with Crippen molar-refractivity contribution in [2.75, 3.05) is 6.61 Å². The number of ketones is 2. The van der Waals surface area contributed by atoms with Crippen molar-refractivity contribution in [2.45, 2.75) is 38.4 Å². The Bertz CT molecular complexity index is 677. The van der Waals surface area contributed by atoms with Crippen molar-refractivity contribution in [1.29, 1.82) is 0 Å². The lowest BCUT2D eigenvalue weighted by molar-refractivity contribution is -0.148. The van der Waals surface area contributed by atoms with Crippen molar-refractivity contribution in [2.24, 2.45) is 5.41 Å². The second kappa shape index (κ2) is 5.39. The van der Waals surface area contributed by atoms with Crippen molar-refractivity contribution in [3.05, 3.63) is 22.5 Å². The number of H-pyrrole nitrogens is 1. The summed E-state index contributed by atoms with van der Waals surface area (Å²) < 4.78 is 3.89. The molecule has 0 radical (unpaired) electrons. The highest BCUT2D eigenvalue weighted by molar-refractivity contribution is 6.53. The molecule has 1 fully saturated rings. The fourth-order valence-corrected chi connectivity index (χ4v) is 3.23. The van der Waals surface area contributed by atoms with Crippen LogP contribution in [0.4, 0.5) is 0 Å². The molecule has 1 saturated carbocycles. The maximum absolute atomic E-state index is 12.2. The van der Waals surface area contributed by atoms with Gasteiger partial charge in [-0.05, 0) is 33.3 Å². The van der Waals surface area contributed by atoms with Gasteiger partial charge in [0.25, 0.3) is 0 Å². The number of carbonyl (C=O) groups is 3. The van der Waals surface area contributed by atoms with E-state index in [0.29, 0.717) is 23.2 Å². The fraction of sp³-hybridized carbons (Fsp3) is 0.533. The normalized spacial score (nSPS) is 22.3. The summed E-state index contributed by atoms with van der Waals surface area (Å²) in [5.74, 6) is -1.12. The summed E-state index contributed by atoms with van der Waals surface area (Å²) in [6.07, 6.45) is 0.297. The number of aromatic nitrogens is 1. The zero-order valence-corrected chi connectivity index (χ0v) is 14.3. The monoisotopic (exact) mass is 345 g/mol. The zero-order valence-electron chi connectivity index (χ0n) is 12.8. The highest BCUT2D eigenvalue weighted by Crippen LogP contribution is 2.64. The third-order valence-corrected chi connectivity index (χ3v) is 5.21. The molecule has 22 heavy (non-hydrogen) atoms. The van der Waals surface area contributed by atoms with E-state index in [4.69, 9.17) is 27.9 Å². The lowest BCUT2D eigenvalue weighted by Crippen LogP contribution is -2.24. The van der Waals surface area contributed by atoms with E-state index in [1.54, 1.807) is 20.8 Å². The van der Waals surface area contributed by atoms with Crippen LogP contribution in [0.2, 0.25) is 0 Å². The predicted octanol–water partition coefficient (Wildman–Crippen LogP) is 3.14. The first-order chi connectivity index (χ1) is 10.0. The van der Waals surface area contributed by atoms with Gasteiger partial charge in [0.1, 0.15) is 9.75 Å². The maximum atomic E-state index is 12.2. The molecule has 1 aliphatic rings. The number of hydrogen-bond acceptors (Lipinski definition) is 4. The minimum Gasteiger partial charge on any atom is -0.457 e. The molecule has 5 nitrogen and oxygen atoms in total. The van der Waals surface area contributed by atoms with Gasteiger partial charge in [-0.2, -0.15) is 0 Å². The van der Waals surface area contributed by atoms with Gasteiger partial charge in [-0.1, -0.05) is 0 Å². The largest absolute Gasteiger partial charge is 0.457 e. The number of aromatic amines is 1. The summed E-state index contributed by atoms with van der Waals surface area (Å²) in [5, 5.41) is 0. The van der Waals surface area contributed by atoms with Gasteiger partial charge in [-0.25, -0.2) is 0 Å². The quantitative estimate of drug-likeness (QED) is 0.505. The molecule has 1 aromatic rings. The highest BCUT2D eigenvalue weighted by atomic mass is 35.5. The minimum atomic E-state index is -1.13. The van der Waals surface area contributed by atoms with Crippen molar-refractivity contribution in [3.8, 4) is 0 Å². The Balaban J connectivity index is 2.07. The summed E-state index contributed by atoms with van der Waals surface area (Å²) >= 11 is 11.8. The molecule has 0 aliphatic heterocycles. The first-order valence-corrected chi connectivity index (χ1v) is 7.55. The molecule has 1 aliphatic carbocycles. The molecule has 2 rings (SSSR count). The first kappa shape index (κ1) is 17.0. The number of Topliss-reactive ketones (excluding diaryl/α,β-unsaturated/α-hetero) is 2. The molecule has 1 unspecified atom stereocenters. The van der Waals surface area contributed by atoms with E-state index >= 15 is 0 Å². The lowest BCUT2D eigenvalue weighted by atomic mass is 10.1. The maximum Gasteiger partial charge on any atom is 0.315 e. The van der Waals surface area contributed by atoms with Gasteiger partial charge in [0.05, 0.1) is 5.69 Å². The summed E-state index contributed by atoms with van der Waals surface area (Å²) in [4.78, 5) is 38.5. The molecule has 1 N–H and O–H groups in total. The van der Waals surface area contributed by atoms with Gasteiger partial charge >= 0.3 is 5.97 Å². The van der Waals surface area contributed by atoms with E-state index in [9.17, 15) is 14.4 Å². The van der Waals surface area contributed by atoms with Crippen LogP contribution < -0.4 is 0 Å². The number of halogens is 2. The fourth-order valence-electron chi connectivity index (χ4n) is 2.54. The second-order valence-electron chi connectivity index (χ2n) is 5.89. The topological polar surface area (TPSA) is 76.2 Å². The molecule has 7 heteroatoms. The average Bonchev–Trinajstić information content (AvgIpc) is 2.75. The molecule has 0 bridgehead atoms. The van der Waals surface area contributed by atoms with Crippen molar-refractivity contribution >= 4 is 40.7 Å². The number of esters is 1. The van der Waals surface area contributed by atoms with E-state index in [1.165, 1.54) is 6.92 Å². The van der Waals surface area contributed by atoms with Gasteiger partial charge in [0.15, 0.2) is 12.4 Å². The van der Waals surface area contributed by atoms with Gasteiger partial charge in [0, 0.05) is 17.7 Å². The van der Waals surface area contributed by atoms with E-state index in [1.807, 2.05) is 0 Å². The molecule has 1 atom stereocenters. The van der Waals surface area contributed by atoms with Crippen molar-refractivity contribution in [1.82, 2.24) is 4.98 Å².